The van der Waals surface area contributed by atoms with E-state index in [0.717, 1.165) is 28.1 Å². The molecule has 3 rings (SSSR count). The highest BCUT2D eigenvalue weighted by atomic mass is 14.9. The van der Waals surface area contributed by atoms with E-state index >= 15 is 0 Å². The first-order valence-electron chi connectivity index (χ1n) is 6.66. The number of rotatable bonds is 3. The van der Waals surface area contributed by atoms with Gasteiger partial charge in [-0.1, -0.05) is 18.2 Å². The molecule has 4 nitrogen and oxygen atoms in total. The van der Waals surface area contributed by atoms with E-state index in [-0.39, 0.29) is 6.04 Å². The Balaban J connectivity index is 2.06. The molecule has 2 aromatic carbocycles. The minimum Gasteiger partial charge on any atom is -0.399 e. The lowest BCUT2D eigenvalue weighted by molar-refractivity contribution is 0.693. The summed E-state index contributed by atoms with van der Waals surface area (Å²) in [6.45, 7) is 1.97. The summed E-state index contributed by atoms with van der Waals surface area (Å²) in [7, 11) is 1.95. The van der Waals surface area contributed by atoms with E-state index in [9.17, 15) is 0 Å². The van der Waals surface area contributed by atoms with Gasteiger partial charge in [0.25, 0.3) is 0 Å². The van der Waals surface area contributed by atoms with Gasteiger partial charge in [0.2, 0.25) is 0 Å². The van der Waals surface area contributed by atoms with Crippen molar-refractivity contribution in [3.63, 3.8) is 0 Å². The van der Waals surface area contributed by atoms with Crippen LogP contribution in [0.1, 0.15) is 23.0 Å². The predicted octanol–water partition coefficient (Wildman–Crippen LogP) is 2.76. The molecule has 0 aliphatic carbocycles. The Bertz CT molecular complexity index is 745. The van der Waals surface area contributed by atoms with Crippen LogP contribution >= 0.6 is 0 Å². The van der Waals surface area contributed by atoms with Crippen molar-refractivity contribution in [1.82, 2.24) is 15.3 Å². The Morgan fingerprint density at radius 1 is 1.15 bits per heavy atom. The molecule has 1 atom stereocenters. The third-order valence-corrected chi connectivity index (χ3v) is 3.49. The Morgan fingerprint density at radius 3 is 2.70 bits per heavy atom. The highest BCUT2D eigenvalue weighted by molar-refractivity contribution is 5.76. The van der Waals surface area contributed by atoms with E-state index < -0.39 is 0 Å². The number of nitrogens with zero attached hydrogens (tertiary/aromatic N) is 1. The van der Waals surface area contributed by atoms with Crippen LogP contribution in [0.25, 0.3) is 11.0 Å². The zero-order chi connectivity index (χ0) is 14.1. The average Bonchev–Trinajstić information content (AvgIpc) is 2.79. The Morgan fingerprint density at radius 2 is 1.95 bits per heavy atom. The fourth-order valence-corrected chi connectivity index (χ4v) is 2.60. The largest absolute Gasteiger partial charge is 0.399 e. The summed E-state index contributed by atoms with van der Waals surface area (Å²) in [6, 6.07) is 14.4. The average molecular weight is 266 g/mol. The van der Waals surface area contributed by atoms with E-state index in [4.69, 9.17) is 5.73 Å². The lowest BCUT2D eigenvalue weighted by atomic mass is 9.98. The topological polar surface area (TPSA) is 66.7 Å². The van der Waals surface area contributed by atoms with Gasteiger partial charge < -0.3 is 16.0 Å². The number of aromatic nitrogens is 2. The first kappa shape index (κ1) is 12.7. The molecule has 4 heteroatoms. The SMILES string of the molecule is CNC(c1cccc(N)c1)c1ccc2nc(C)[nH]c2c1. The molecule has 20 heavy (non-hydrogen) atoms. The van der Waals surface area contributed by atoms with Crippen LogP contribution in [-0.4, -0.2) is 17.0 Å². The number of nitrogen functional groups attached to an aromatic ring is 1. The molecule has 4 N–H and O–H groups in total. The molecule has 0 saturated heterocycles. The quantitative estimate of drug-likeness (QED) is 0.639. The molecular weight excluding hydrogens is 248 g/mol. The smallest absolute Gasteiger partial charge is 0.104 e. The first-order chi connectivity index (χ1) is 9.67. The van der Waals surface area contributed by atoms with Crippen LogP contribution in [0, 0.1) is 6.92 Å². The third-order valence-electron chi connectivity index (χ3n) is 3.49. The van der Waals surface area contributed by atoms with Crippen LogP contribution in [-0.2, 0) is 0 Å². The van der Waals surface area contributed by atoms with Crippen molar-refractivity contribution < 1.29 is 0 Å². The Labute approximate surface area is 118 Å². The maximum atomic E-state index is 5.88. The fraction of sp³-hybridized carbons (Fsp3) is 0.188. The number of aromatic amines is 1. The van der Waals surface area contributed by atoms with Crippen LogP contribution in [0.3, 0.4) is 0 Å². The molecule has 1 aromatic heterocycles. The monoisotopic (exact) mass is 266 g/mol. The lowest BCUT2D eigenvalue weighted by Gasteiger charge is -2.17. The standard InChI is InChI=1S/C16H18N4/c1-10-19-14-7-6-12(9-15(14)20-10)16(18-2)11-4-3-5-13(17)8-11/h3-9,16,18H,17H2,1-2H3,(H,19,20). The number of benzene rings is 2. The van der Waals surface area contributed by atoms with Crippen molar-refractivity contribution in [2.75, 3.05) is 12.8 Å². The van der Waals surface area contributed by atoms with Gasteiger partial charge in [-0.3, -0.25) is 0 Å². The summed E-state index contributed by atoms with van der Waals surface area (Å²) < 4.78 is 0. The number of hydrogen-bond acceptors (Lipinski definition) is 3. The second-order valence-electron chi connectivity index (χ2n) is 4.99. The molecule has 0 aliphatic rings. The maximum Gasteiger partial charge on any atom is 0.104 e. The van der Waals surface area contributed by atoms with Crippen molar-refractivity contribution >= 4 is 16.7 Å². The number of nitrogens with two attached hydrogens (primary N) is 1. The van der Waals surface area contributed by atoms with Gasteiger partial charge in [0.15, 0.2) is 0 Å². The van der Waals surface area contributed by atoms with Gasteiger partial charge in [-0.05, 0) is 49.4 Å². The number of nitrogens with one attached hydrogen (secondary N) is 2. The summed E-state index contributed by atoms with van der Waals surface area (Å²) in [5.41, 5.74) is 11.1. The first-order valence-corrected chi connectivity index (χ1v) is 6.66. The number of anilines is 1. The number of imidazole rings is 1. The fourth-order valence-electron chi connectivity index (χ4n) is 2.60. The molecule has 0 bridgehead atoms. The second-order valence-corrected chi connectivity index (χ2v) is 4.99. The Hall–Kier alpha value is -2.33. The summed E-state index contributed by atoms with van der Waals surface area (Å²) in [5, 5.41) is 3.34. The minimum absolute atomic E-state index is 0.117. The zero-order valence-electron chi connectivity index (χ0n) is 11.6. The number of fused-ring (bicyclic) bond motifs is 1. The molecule has 0 fully saturated rings. The van der Waals surface area contributed by atoms with Crippen LogP contribution in [0.5, 0.6) is 0 Å². The summed E-state index contributed by atoms with van der Waals surface area (Å²) in [6.07, 6.45) is 0. The van der Waals surface area contributed by atoms with Crippen LogP contribution < -0.4 is 11.1 Å². The van der Waals surface area contributed by atoms with Crippen molar-refractivity contribution in [3.05, 3.63) is 59.4 Å². The van der Waals surface area contributed by atoms with E-state index in [1.165, 1.54) is 5.56 Å². The normalized spacial score (nSPS) is 12.7. The molecule has 1 heterocycles. The van der Waals surface area contributed by atoms with Gasteiger partial charge in [-0.15, -0.1) is 0 Å². The molecule has 102 valence electrons. The van der Waals surface area contributed by atoms with E-state index in [2.05, 4.69) is 33.5 Å². The molecule has 0 radical (unpaired) electrons. The van der Waals surface area contributed by atoms with Crippen LogP contribution in [0.15, 0.2) is 42.5 Å². The van der Waals surface area contributed by atoms with Gasteiger partial charge in [-0.25, -0.2) is 4.98 Å². The maximum absolute atomic E-state index is 5.88. The molecule has 0 saturated carbocycles. The second kappa shape index (κ2) is 4.98. The highest BCUT2D eigenvalue weighted by Crippen LogP contribution is 2.25. The van der Waals surface area contributed by atoms with Crippen molar-refractivity contribution in [3.8, 4) is 0 Å². The van der Waals surface area contributed by atoms with E-state index in [1.807, 2.05) is 38.2 Å². The molecule has 0 spiro atoms. The highest BCUT2D eigenvalue weighted by Gasteiger charge is 2.13. The number of aryl methyl sites for hydroxylation is 1. The molecular formula is C16H18N4. The van der Waals surface area contributed by atoms with E-state index in [0.29, 0.717) is 0 Å². The molecule has 0 aliphatic heterocycles. The number of hydrogen-bond donors (Lipinski definition) is 3. The van der Waals surface area contributed by atoms with E-state index in [1.54, 1.807) is 0 Å². The molecule has 0 amide bonds. The van der Waals surface area contributed by atoms with Crippen molar-refractivity contribution in [2.24, 2.45) is 0 Å². The summed E-state index contributed by atoms with van der Waals surface area (Å²) in [4.78, 5) is 7.71. The van der Waals surface area contributed by atoms with Crippen LogP contribution in [0.2, 0.25) is 0 Å². The Kier molecular flexibility index (Phi) is 3.16. The van der Waals surface area contributed by atoms with Gasteiger partial charge >= 0.3 is 0 Å². The minimum atomic E-state index is 0.117. The van der Waals surface area contributed by atoms with Crippen LogP contribution in [0.4, 0.5) is 5.69 Å². The van der Waals surface area contributed by atoms with Gasteiger partial charge in [0, 0.05) is 5.69 Å². The van der Waals surface area contributed by atoms with Gasteiger partial charge in [0.05, 0.1) is 17.1 Å². The van der Waals surface area contributed by atoms with Gasteiger partial charge in [-0.2, -0.15) is 0 Å². The predicted molar refractivity (Wildman–Crippen MR) is 82.6 cm³/mol. The molecule has 1 unspecified atom stereocenters. The third kappa shape index (κ3) is 2.26. The number of H-pyrrole nitrogens is 1. The summed E-state index contributed by atoms with van der Waals surface area (Å²) >= 11 is 0. The van der Waals surface area contributed by atoms with Gasteiger partial charge in [0.1, 0.15) is 5.82 Å². The lowest BCUT2D eigenvalue weighted by Crippen LogP contribution is -2.17. The zero-order valence-corrected chi connectivity index (χ0v) is 11.6. The molecule has 3 aromatic rings. The summed E-state index contributed by atoms with van der Waals surface area (Å²) in [5.74, 6) is 0.933. The van der Waals surface area contributed by atoms with Crippen molar-refractivity contribution in [1.29, 1.82) is 0 Å². The van der Waals surface area contributed by atoms with Crippen molar-refractivity contribution in [2.45, 2.75) is 13.0 Å².